The van der Waals surface area contributed by atoms with Gasteiger partial charge in [0.25, 0.3) is 0 Å². The molecule has 23 heavy (non-hydrogen) atoms. The van der Waals surface area contributed by atoms with Crippen molar-refractivity contribution in [3.05, 3.63) is 24.3 Å². The highest BCUT2D eigenvalue weighted by Crippen LogP contribution is 2.19. The van der Waals surface area contributed by atoms with Gasteiger partial charge >= 0.3 is 0 Å². The fourth-order valence-electron chi connectivity index (χ4n) is 2.52. The van der Waals surface area contributed by atoms with Crippen molar-refractivity contribution in [3.63, 3.8) is 0 Å². The average Bonchev–Trinajstić information content (AvgIpc) is 2.46. The Kier molecular flexibility index (Phi) is 5.44. The first kappa shape index (κ1) is 17.9. The molecule has 6 nitrogen and oxygen atoms in total. The van der Waals surface area contributed by atoms with Crippen molar-refractivity contribution in [3.8, 4) is 0 Å². The number of carbonyl (C=O) groups excluding carboxylic acids is 1. The predicted molar refractivity (Wildman–Crippen MR) is 90.7 cm³/mol. The number of hydrogen-bond donors (Lipinski definition) is 3. The second-order valence-corrected chi connectivity index (χ2v) is 8.60. The topological polar surface area (TPSA) is 87.3 Å². The Bertz CT molecular complexity index is 659. The summed E-state index contributed by atoms with van der Waals surface area (Å²) in [4.78, 5) is 12.4. The first-order valence-electron chi connectivity index (χ1n) is 7.83. The van der Waals surface area contributed by atoms with Crippen molar-refractivity contribution in [2.24, 2.45) is 5.92 Å². The molecule has 1 aromatic carbocycles. The second-order valence-electron chi connectivity index (χ2n) is 6.92. The lowest BCUT2D eigenvalue weighted by atomic mass is 9.99. The summed E-state index contributed by atoms with van der Waals surface area (Å²) in [5.74, 6) is -0.146. The second kappa shape index (κ2) is 6.98. The normalized spacial score (nSPS) is 19.3. The lowest BCUT2D eigenvalue weighted by Crippen LogP contribution is -2.40. The molecular formula is C16H25N3O3S. The first-order valence-corrected chi connectivity index (χ1v) is 9.31. The van der Waals surface area contributed by atoms with Gasteiger partial charge in [-0.3, -0.25) is 4.79 Å². The van der Waals surface area contributed by atoms with E-state index in [0.717, 1.165) is 19.4 Å². The van der Waals surface area contributed by atoms with E-state index in [1.165, 1.54) is 12.1 Å². The van der Waals surface area contributed by atoms with Gasteiger partial charge in [-0.25, -0.2) is 13.1 Å². The molecule has 2 rings (SSSR count). The number of benzene rings is 1. The number of sulfonamides is 1. The summed E-state index contributed by atoms with van der Waals surface area (Å²) in [6.07, 6.45) is 1.82. The van der Waals surface area contributed by atoms with E-state index in [9.17, 15) is 13.2 Å². The molecule has 1 heterocycles. The zero-order valence-corrected chi connectivity index (χ0v) is 14.7. The van der Waals surface area contributed by atoms with Crippen LogP contribution in [-0.4, -0.2) is 33.0 Å². The zero-order valence-electron chi connectivity index (χ0n) is 13.8. The number of nitrogens with one attached hydrogen (secondary N) is 3. The molecule has 1 fully saturated rings. The smallest absolute Gasteiger partial charge is 0.241 e. The van der Waals surface area contributed by atoms with Gasteiger partial charge in [0.2, 0.25) is 15.9 Å². The number of hydrogen-bond acceptors (Lipinski definition) is 4. The van der Waals surface area contributed by atoms with E-state index in [1.807, 2.05) is 0 Å². The van der Waals surface area contributed by atoms with Crippen molar-refractivity contribution in [1.29, 1.82) is 0 Å². The molecule has 0 radical (unpaired) electrons. The summed E-state index contributed by atoms with van der Waals surface area (Å²) in [5.41, 5.74) is -0.0661. The minimum atomic E-state index is -3.61. The Morgan fingerprint density at radius 1 is 1.30 bits per heavy atom. The molecule has 3 N–H and O–H groups in total. The zero-order chi connectivity index (χ0) is 17.1. The van der Waals surface area contributed by atoms with Gasteiger partial charge in [-0.2, -0.15) is 0 Å². The van der Waals surface area contributed by atoms with E-state index in [0.29, 0.717) is 12.2 Å². The van der Waals surface area contributed by atoms with Crippen LogP contribution >= 0.6 is 0 Å². The molecule has 1 saturated heterocycles. The summed E-state index contributed by atoms with van der Waals surface area (Å²) in [6.45, 7) is 6.95. The lowest BCUT2D eigenvalue weighted by molar-refractivity contribution is -0.120. The van der Waals surface area contributed by atoms with Crippen LogP contribution in [0, 0.1) is 5.92 Å². The van der Waals surface area contributed by atoms with Crippen molar-refractivity contribution in [2.75, 3.05) is 18.4 Å². The van der Waals surface area contributed by atoms with Gasteiger partial charge in [0.05, 0.1) is 10.8 Å². The van der Waals surface area contributed by atoms with Crippen LogP contribution in [0.25, 0.3) is 0 Å². The van der Waals surface area contributed by atoms with Crippen molar-refractivity contribution >= 4 is 21.6 Å². The van der Waals surface area contributed by atoms with Gasteiger partial charge in [0.1, 0.15) is 0 Å². The summed E-state index contributed by atoms with van der Waals surface area (Å²) in [5, 5.41) is 6.01. The number of piperidine rings is 1. The molecule has 128 valence electrons. The van der Waals surface area contributed by atoms with Crippen molar-refractivity contribution in [1.82, 2.24) is 10.0 Å². The minimum absolute atomic E-state index is 0.0725. The molecule has 7 heteroatoms. The largest absolute Gasteiger partial charge is 0.326 e. The minimum Gasteiger partial charge on any atom is -0.326 e. The molecule has 1 aliphatic rings. The first-order chi connectivity index (χ1) is 10.7. The molecule has 0 saturated carbocycles. The van der Waals surface area contributed by atoms with Crippen LogP contribution in [0.3, 0.4) is 0 Å². The lowest BCUT2D eigenvalue weighted by Gasteiger charge is -2.22. The highest BCUT2D eigenvalue weighted by molar-refractivity contribution is 7.89. The van der Waals surface area contributed by atoms with Crippen molar-refractivity contribution in [2.45, 2.75) is 44.0 Å². The Morgan fingerprint density at radius 2 is 2.04 bits per heavy atom. The van der Waals surface area contributed by atoms with Gasteiger partial charge in [0, 0.05) is 17.8 Å². The predicted octanol–water partition coefficient (Wildman–Crippen LogP) is 1.70. The molecule has 1 aliphatic heterocycles. The molecular weight excluding hydrogens is 314 g/mol. The molecule has 0 aliphatic carbocycles. The third-order valence-corrected chi connectivity index (χ3v) is 5.28. The van der Waals surface area contributed by atoms with Crippen LogP contribution < -0.4 is 15.4 Å². The standard InChI is InChI=1S/C16H25N3O3S/c1-16(2,3)19-23(21,22)14-8-4-7-13(10-14)18-15(20)12-6-5-9-17-11-12/h4,7-8,10,12,17,19H,5-6,9,11H2,1-3H3,(H,18,20). The number of anilines is 1. The monoisotopic (exact) mass is 339 g/mol. The molecule has 1 atom stereocenters. The van der Waals surface area contributed by atoms with Gasteiger partial charge < -0.3 is 10.6 Å². The van der Waals surface area contributed by atoms with Crippen LogP contribution in [0.5, 0.6) is 0 Å². The van der Waals surface area contributed by atoms with E-state index in [2.05, 4.69) is 15.4 Å². The third kappa shape index (κ3) is 5.30. The summed E-state index contributed by atoms with van der Waals surface area (Å²) >= 11 is 0. The molecule has 1 amide bonds. The van der Waals surface area contributed by atoms with Crippen LogP contribution in [0.4, 0.5) is 5.69 Å². The van der Waals surface area contributed by atoms with E-state index in [-0.39, 0.29) is 16.7 Å². The van der Waals surface area contributed by atoms with E-state index in [4.69, 9.17) is 0 Å². The SMILES string of the molecule is CC(C)(C)NS(=O)(=O)c1cccc(NC(=O)C2CCCNC2)c1. The third-order valence-electron chi connectivity index (χ3n) is 3.52. The highest BCUT2D eigenvalue weighted by atomic mass is 32.2. The van der Waals surface area contributed by atoms with E-state index >= 15 is 0 Å². The maximum absolute atomic E-state index is 12.4. The van der Waals surface area contributed by atoms with Crippen LogP contribution in [-0.2, 0) is 14.8 Å². The van der Waals surface area contributed by atoms with E-state index < -0.39 is 15.6 Å². The molecule has 0 aromatic heterocycles. The Hall–Kier alpha value is -1.44. The fourth-order valence-corrected chi connectivity index (χ4v) is 3.99. The van der Waals surface area contributed by atoms with E-state index in [1.54, 1.807) is 32.9 Å². The Labute approximate surface area is 138 Å². The number of amides is 1. The number of carbonyl (C=O) groups is 1. The van der Waals surface area contributed by atoms with Gasteiger partial charge in [-0.05, 0) is 58.4 Å². The maximum atomic E-state index is 12.4. The van der Waals surface area contributed by atoms with Gasteiger partial charge in [-0.1, -0.05) is 6.07 Å². The molecule has 1 unspecified atom stereocenters. The maximum Gasteiger partial charge on any atom is 0.241 e. The van der Waals surface area contributed by atoms with Crippen LogP contribution in [0.2, 0.25) is 0 Å². The Balaban J connectivity index is 2.12. The van der Waals surface area contributed by atoms with Crippen LogP contribution in [0.15, 0.2) is 29.2 Å². The molecule has 0 bridgehead atoms. The fraction of sp³-hybridized carbons (Fsp3) is 0.562. The summed E-state index contributed by atoms with van der Waals surface area (Å²) < 4.78 is 27.3. The quantitative estimate of drug-likeness (QED) is 0.779. The summed E-state index contributed by atoms with van der Waals surface area (Å²) in [6, 6.07) is 6.34. The van der Waals surface area contributed by atoms with Crippen molar-refractivity contribution < 1.29 is 13.2 Å². The highest BCUT2D eigenvalue weighted by Gasteiger charge is 2.23. The molecule has 1 aromatic rings. The average molecular weight is 339 g/mol. The summed E-state index contributed by atoms with van der Waals surface area (Å²) in [7, 11) is -3.61. The Morgan fingerprint density at radius 3 is 2.65 bits per heavy atom. The van der Waals surface area contributed by atoms with Crippen LogP contribution in [0.1, 0.15) is 33.6 Å². The molecule has 0 spiro atoms. The van der Waals surface area contributed by atoms with Gasteiger partial charge in [0.15, 0.2) is 0 Å². The van der Waals surface area contributed by atoms with Gasteiger partial charge in [-0.15, -0.1) is 0 Å². The number of rotatable bonds is 4.